The molecule has 0 aliphatic carbocycles. The minimum atomic E-state index is -0.284. The van der Waals surface area contributed by atoms with Crippen LogP contribution in [-0.4, -0.2) is 14.6 Å². The third kappa shape index (κ3) is 1.52. The highest BCUT2D eigenvalue weighted by atomic mass is 19.1. The van der Waals surface area contributed by atoms with Gasteiger partial charge in [-0.05, 0) is 6.07 Å². The molecular weight excluding hydrogens is 219 g/mol. The summed E-state index contributed by atoms with van der Waals surface area (Å²) >= 11 is 0. The molecule has 2 heterocycles. The van der Waals surface area contributed by atoms with Crippen molar-refractivity contribution < 1.29 is 4.39 Å². The van der Waals surface area contributed by atoms with Gasteiger partial charge in [0.25, 0.3) is 0 Å². The first kappa shape index (κ1) is 9.77. The predicted molar refractivity (Wildman–Crippen MR) is 62.8 cm³/mol. The molecule has 0 bridgehead atoms. The van der Waals surface area contributed by atoms with E-state index in [1.165, 1.54) is 16.8 Å². The topological polar surface area (TPSA) is 56.2 Å². The third-order valence-electron chi connectivity index (χ3n) is 2.57. The van der Waals surface area contributed by atoms with Gasteiger partial charge in [0, 0.05) is 23.5 Å². The Morgan fingerprint density at radius 1 is 1.18 bits per heavy atom. The van der Waals surface area contributed by atoms with E-state index in [0.717, 1.165) is 0 Å². The molecule has 84 valence electrons. The second-order valence-corrected chi connectivity index (χ2v) is 3.69. The second-order valence-electron chi connectivity index (χ2n) is 3.69. The molecule has 1 aromatic carbocycles. The van der Waals surface area contributed by atoms with Crippen LogP contribution in [0.25, 0.3) is 16.8 Å². The number of hydrogen-bond donors (Lipinski definition) is 1. The lowest BCUT2D eigenvalue weighted by atomic mass is 10.1. The third-order valence-corrected chi connectivity index (χ3v) is 2.57. The summed E-state index contributed by atoms with van der Waals surface area (Å²) < 4.78 is 15.1. The van der Waals surface area contributed by atoms with Gasteiger partial charge in [-0.2, -0.15) is 5.10 Å². The first-order valence-corrected chi connectivity index (χ1v) is 5.09. The van der Waals surface area contributed by atoms with Crippen LogP contribution >= 0.6 is 0 Å². The Kier molecular flexibility index (Phi) is 2.04. The van der Waals surface area contributed by atoms with Crippen molar-refractivity contribution in [3.63, 3.8) is 0 Å². The van der Waals surface area contributed by atoms with Crippen molar-refractivity contribution in [3.8, 4) is 11.1 Å². The minimum Gasteiger partial charge on any atom is -0.394 e. The normalized spacial score (nSPS) is 10.9. The van der Waals surface area contributed by atoms with Crippen LogP contribution in [0.4, 0.5) is 10.1 Å². The van der Waals surface area contributed by atoms with Crippen LogP contribution in [0.3, 0.4) is 0 Å². The Balaban J connectivity index is 2.22. The van der Waals surface area contributed by atoms with Gasteiger partial charge < -0.3 is 5.73 Å². The van der Waals surface area contributed by atoms with Gasteiger partial charge in [0.05, 0.1) is 11.9 Å². The average Bonchev–Trinajstić information content (AvgIpc) is 2.71. The van der Waals surface area contributed by atoms with Crippen LogP contribution in [0.1, 0.15) is 0 Å². The van der Waals surface area contributed by atoms with Crippen LogP contribution in [0.15, 0.2) is 42.9 Å². The standard InChI is InChI=1S/C12H9FN4/c13-10-4-2-1-3-9(10)8-5-15-12-11(14)6-16-17(12)7-8/h1-7H,14H2. The lowest BCUT2D eigenvalue weighted by molar-refractivity contribution is 0.631. The highest BCUT2D eigenvalue weighted by molar-refractivity contribution is 5.68. The summed E-state index contributed by atoms with van der Waals surface area (Å²) in [7, 11) is 0. The quantitative estimate of drug-likeness (QED) is 0.694. The number of hydrogen-bond acceptors (Lipinski definition) is 3. The van der Waals surface area contributed by atoms with Gasteiger partial charge in [-0.25, -0.2) is 13.9 Å². The maximum atomic E-state index is 13.6. The molecule has 0 atom stereocenters. The first-order chi connectivity index (χ1) is 8.25. The molecule has 3 aromatic rings. The van der Waals surface area contributed by atoms with Crippen LogP contribution in [0.5, 0.6) is 0 Å². The number of nitrogens with two attached hydrogens (primary N) is 1. The lowest BCUT2D eigenvalue weighted by Gasteiger charge is -2.03. The summed E-state index contributed by atoms with van der Waals surface area (Å²) in [4.78, 5) is 4.17. The zero-order valence-corrected chi connectivity index (χ0v) is 8.84. The fourth-order valence-corrected chi connectivity index (χ4v) is 1.73. The summed E-state index contributed by atoms with van der Waals surface area (Å²) in [6.45, 7) is 0. The second kappa shape index (κ2) is 3.55. The van der Waals surface area contributed by atoms with Gasteiger partial charge in [0.2, 0.25) is 0 Å². The van der Waals surface area contributed by atoms with Gasteiger partial charge in [0.15, 0.2) is 5.65 Å². The molecule has 17 heavy (non-hydrogen) atoms. The molecule has 0 unspecified atom stereocenters. The van der Waals surface area contributed by atoms with Gasteiger partial charge in [0.1, 0.15) is 5.82 Å². The highest BCUT2D eigenvalue weighted by Gasteiger charge is 2.07. The number of aromatic nitrogens is 3. The number of nitrogen functional groups attached to an aromatic ring is 1. The average molecular weight is 228 g/mol. The molecule has 0 saturated heterocycles. The van der Waals surface area contributed by atoms with Gasteiger partial charge in [-0.1, -0.05) is 18.2 Å². The van der Waals surface area contributed by atoms with Crippen LogP contribution in [-0.2, 0) is 0 Å². The van der Waals surface area contributed by atoms with E-state index in [1.54, 1.807) is 30.6 Å². The highest BCUT2D eigenvalue weighted by Crippen LogP contribution is 2.22. The molecule has 4 nitrogen and oxygen atoms in total. The van der Waals surface area contributed by atoms with Crippen molar-refractivity contribution in [1.82, 2.24) is 14.6 Å². The number of fused-ring (bicyclic) bond motifs is 1. The van der Waals surface area contributed by atoms with E-state index in [2.05, 4.69) is 10.1 Å². The van der Waals surface area contributed by atoms with Gasteiger partial charge in [-0.15, -0.1) is 0 Å². The number of halogens is 1. The van der Waals surface area contributed by atoms with Gasteiger partial charge >= 0.3 is 0 Å². The van der Waals surface area contributed by atoms with E-state index in [-0.39, 0.29) is 5.82 Å². The minimum absolute atomic E-state index is 0.284. The zero-order chi connectivity index (χ0) is 11.8. The fourth-order valence-electron chi connectivity index (χ4n) is 1.73. The summed E-state index contributed by atoms with van der Waals surface area (Å²) in [5, 5.41) is 4.04. The Morgan fingerprint density at radius 3 is 2.82 bits per heavy atom. The van der Waals surface area contributed by atoms with Crippen molar-refractivity contribution in [2.24, 2.45) is 0 Å². The maximum Gasteiger partial charge on any atom is 0.178 e. The van der Waals surface area contributed by atoms with E-state index in [0.29, 0.717) is 22.5 Å². The summed E-state index contributed by atoms with van der Waals surface area (Å²) in [5.41, 5.74) is 7.92. The SMILES string of the molecule is Nc1cnn2cc(-c3ccccc3F)cnc12. The molecule has 2 N–H and O–H groups in total. The summed E-state index contributed by atoms with van der Waals surface area (Å²) in [6.07, 6.45) is 4.82. The zero-order valence-electron chi connectivity index (χ0n) is 8.84. The molecule has 0 amide bonds. The fraction of sp³-hybridized carbons (Fsp3) is 0. The number of benzene rings is 1. The largest absolute Gasteiger partial charge is 0.394 e. The first-order valence-electron chi connectivity index (χ1n) is 5.09. The van der Waals surface area contributed by atoms with Crippen molar-refractivity contribution in [2.75, 3.05) is 5.73 Å². The lowest BCUT2D eigenvalue weighted by Crippen LogP contribution is -1.94. The predicted octanol–water partition coefficient (Wildman–Crippen LogP) is 2.12. The maximum absolute atomic E-state index is 13.6. The molecule has 0 spiro atoms. The van der Waals surface area contributed by atoms with E-state index in [4.69, 9.17) is 5.73 Å². The molecule has 2 aromatic heterocycles. The number of nitrogens with zero attached hydrogens (tertiary/aromatic N) is 3. The monoisotopic (exact) mass is 228 g/mol. The van der Waals surface area contributed by atoms with Crippen LogP contribution in [0.2, 0.25) is 0 Å². The molecule has 0 saturated carbocycles. The molecule has 0 radical (unpaired) electrons. The van der Waals surface area contributed by atoms with Crippen LogP contribution in [0, 0.1) is 5.82 Å². The molecule has 0 fully saturated rings. The van der Waals surface area contributed by atoms with E-state index in [1.807, 2.05) is 0 Å². The Labute approximate surface area is 96.5 Å². The van der Waals surface area contributed by atoms with Crippen LogP contribution < -0.4 is 5.73 Å². The molecular formula is C12H9FN4. The Hall–Kier alpha value is -2.43. The smallest absolute Gasteiger partial charge is 0.178 e. The van der Waals surface area contributed by atoms with Crippen molar-refractivity contribution in [2.45, 2.75) is 0 Å². The van der Waals surface area contributed by atoms with E-state index < -0.39 is 0 Å². The van der Waals surface area contributed by atoms with Crippen molar-refractivity contribution >= 4 is 11.3 Å². The van der Waals surface area contributed by atoms with Crippen molar-refractivity contribution in [3.05, 3.63) is 48.7 Å². The molecule has 3 rings (SSSR count). The Morgan fingerprint density at radius 2 is 2.00 bits per heavy atom. The molecule has 5 heteroatoms. The Bertz CT molecular complexity index is 690. The summed E-state index contributed by atoms with van der Waals surface area (Å²) in [6, 6.07) is 6.54. The summed E-state index contributed by atoms with van der Waals surface area (Å²) in [5.74, 6) is -0.284. The number of anilines is 1. The van der Waals surface area contributed by atoms with Gasteiger partial charge in [-0.3, -0.25) is 0 Å². The molecule has 0 aliphatic rings. The van der Waals surface area contributed by atoms with Crippen molar-refractivity contribution in [1.29, 1.82) is 0 Å². The van der Waals surface area contributed by atoms with E-state index in [9.17, 15) is 4.39 Å². The molecule has 0 aliphatic heterocycles. The number of rotatable bonds is 1. The van der Waals surface area contributed by atoms with E-state index >= 15 is 0 Å².